The normalized spacial score (nSPS) is 11.8. The number of carbonyl (C=O) groups excluding carboxylic acids is 2. The number of amides is 2. The third kappa shape index (κ3) is 4.16. The van der Waals surface area contributed by atoms with Crippen molar-refractivity contribution in [3.05, 3.63) is 40.4 Å². The maximum absolute atomic E-state index is 12.2. The second-order valence-corrected chi connectivity index (χ2v) is 6.47. The molecule has 6 heteroatoms. The van der Waals surface area contributed by atoms with Crippen LogP contribution >= 0.6 is 11.3 Å². The standard InChI is InChI=1S/C17H21N3O2S/c1-5-18-15(21)12(4)20-16(22)14-9-19-17(23-14)13-7-6-10(2)8-11(13)3/h6-9,12H,5H2,1-4H3,(H,18,21)(H,20,22)/t12-/m1/s1. The molecule has 1 aromatic heterocycles. The van der Waals surface area contributed by atoms with Crippen LogP contribution in [0.2, 0.25) is 0 Å². The van der Waals surface area contributed by atoms with Gasteiger partial charge in [0.2, 0.25) is 5.91 Å². The number of rotatable bonds is 5. The molecule has 0 radical (unpaired) electrons. The molecule has 1 heterocycles. The summed E-state index contributed by atoms with van der Waals surface area (Å²) in [5, 5.41) is 6.17. The molecule has 2 aromatic rings. The molecule has 0 saturated heterocycles. The van der Waals surface area contributed by atoms with E-state index in [1.807, 2.05) is 32.9 Å². The minimum absolute atomic E-state index is 0.194. The average molecular weight is 331 g/mol. The third-order valence-corrected chi connectivity index (χ3v) is 4.46. The van der Waals surface area contributed by atoms with Gasteiger partial charge in [0.1, 0.15) is 15.9 Å². The van der Waals surface area contributed by atoms with E-state index in [4.69, 9.17) is 0 Å². The quantitative estimate of drug-likeness (QED) is 0.885. The van der Waals surface area contributed by atoms with Gasteiger partial charge in [0.25, 0.3) is 5.91 Å². The van der Waals surface area contributed by atoms with E-state index in [1.165, 1.54) is 16.9 Å². The first kappa shape index (κ1) is 17.1. The number of nitrogens with one attached hydrogen (secondary N) is 2. The lowest BCUT2D eigenvalue weighted by atomic mass is 10.1. The van der Waals surface area contributed by atoms with Crippen LogP contribution in [-0.2, 0) is 4.79 Å². The molecular formula is C17H21N3O2S. The van der Waals surface area contributed by atoms with E-state index < -0.39 is 6.04 Å². The SMILES string of the molecule is CCNC(=O)[C@@H](C)NC(=O)c1cnc(-c2ccc(C)cc2C)s1. The maximum atomic E-state index is 12.2. The second-order valence-electron chi connectivity index (χ2n) is 5.44. The highest BCUT2D eigenvalue weighted by Gasteiger charge is 2.18. The Labute approximate surface area is 140 Å². The van der Waals surface area contributed by atoms with Crippen LogP contribution in [0.5, 0.6) is 0 Å². The van der Waals surface area contributed by atoms with Crippen molar-refractivity contribution in [1.29, 1.82) is 0 Å². The smallest absolute Gasteiger partial charge is 0.263 e. The van der Waals surface area contributed by atoms with Crippen molar-refractivity contribution in [3.63, 3.8) is 0 Å². The average Bonchev–Trinajstić information content (AvgIpc) is 2.97. The molecule has 5 nitrogen and oxygen atoms in total. The van der Waals surface area contributed by atoms with E-state index >= 15 is 0 Å². The number of aromatic nitrogens is 1. The Kier molecular flexibility index (Phi) is 5.50. The van der Waals surface area contributed by atoms with E-state index in [9.17, 15) is 9.59 Å². The number of thiazole rings is 1. The van der Waals surface area contributed by atoms with Crippen LogP contribution in [0.1, 0.15) is 34.6 Å². The van der Waals surface area contributed by atoms with Gasteiger partial charge in [-0.3, -0.25) is 9.59 Å². The number of hydrogen-bond acceptors (Lipinski definition) is 4. The number of likely N-dealkylation sites (N-methyl/N-ethyl adjacent to an activating group) is 1. The van der Waals surface area contributed by atoms with Gasteiger partial charge in [0, 0.05) is 12.1 Å². The zero-order chi connectivity index (χ0) is 17.0. The fourth-order valence-electron chi connectivity index (χ4n) is 2.22. The van der Waals surface area contributed by atoms with E-state index in [1.54, 1.807) is 13.1 Å². The molecule has 0 saturated carbocycles. The minimum Gasteiger partial charge on any atom is -0.355 e. The highest BCUT2D eigenvalue weighted by molar-refractivity contribution is 7.16. The number of aryl methyl sites for hydroxylation is 2. The van der Waals surface area contributed by atoms with Gasteiger partial charge in [-0.1, -0.05) is 23.8 Å². The van der Waals surface area contributed by atoms with Gasteiger partial charge < -0.3 is 10.6 Å². The van der Waals surface area contributed by atoms with Crippen molar-refractivity contribution in [2.75, 3.05) is 6.54 Å². The van der Waals surface area contributed by atoms with Crippen LogP contribution in [0.25, 0.3) is 10.6 Å². The van der Waals surface area contributed by atoms with Gasteiger partial charge >= 0.3 is 0 Å². The van der Waals surface area contributed by atoms with Crippen molar-refractivity contribution in [3.8, 4) is 10.6 Å². The Morgan fingerprint density at radius 1 is 1.30 bits per heavy atom. The van der Waals surface area contributed by atoms with E-state index in [0.29, 0.717) is 11.4 Å². The highest BCUT2D eigenvalue weighted by Crippen LogP contribution is 2.28. The largest absolute Gasteiger partial charge is 0.355 e. The van der Waals surface area contributed by atoms with Crippen molar-refractivity contribution in [1.82, 2.24) is 15.6 Å². The number of benzene rings is 1. The fourth-order valence-corrected chi connectivity index (χ4v) is 3.13. The first-order valence-electron chi connectivity index (χ1n) is 7.54. The third-order valence-electron chi connectivity index (χ3n) is 3.43. The summed E-state index contributed by atoms with van der Waals surface area (Å²) in [5.74, 6) is -0.475. The first-order valence-corrected chi connectivity index (χ1v) is 8.36. The number of carbonyl (C=O) groups is 2. The van der Waals surface area contributed by atoms with E-state index in [2.05, 4.69) is 21.7 Å². The first-order chi connectivity index (χ1) is 10.9. The van der Waals surface area contributed by atoms with Crippen LogP contribution in [-0.4, -0.2) is 29.4 Å². The molecule has 2 rings (SSSR count). The highest BCUT2D eigenvalue weighted by atomic mass is 32.1. The molecule has 0 aliphatic heterocycles. The van der Waals surface area contributed by atoms with Crippen molar-refractivity contribution >= 4 is 23.2 Å². The zero-order valence-electron chi connectivity index (χ0n) is 13.8. The Morgan fingerprint density at radius 3 is 2.70 bits per heavy atom. The summed E-state index contributed by atoms with van der Waals surface area (Å²) in [5.41, 5.74) is 3.34. The summed E-state index contributed by atoms with van der Waals surface area (Å²) in [6, 6.07) is 5.56. The van der Waals surface area contributed by atoms with Gasteiger partial charge in [-0.25, -0.2) is 4.98 Å². The van der Waals surface area contributed by atoms with Crippen molar-refractivity contribution in [2.45, 2.75) is 33.7 Å². The molecule has 0 aliphatic carbocycles. The van der Waals surface area contributed by atoms with Crippen LogP contribution in [0, 0.1) is 13.8 Å². The topological polar surface area (TPSA) is 71.1 Å². The predicted octanol–water partition coefficient (Wildman–Crippen LogP) is 2.68. The molecule has 2 amide bonds. The Hall–Kier alpha value is -2.21. The van der Waals surface area contributed by atoms with Crippen molar-refractivity contribution < 1.29 is 9.59 Å². The lowest BCUT2D eigenvalue weighted by molar-refractivity contribution is -0.122. The monoisotopic (exact) mass is 331 g/mol. The molecule has 2 N–H and O–H groups in total. The molecule has 0 aliphatic rings. The molecular weight excluding hydrogens is 310 g/mol. The summed E-state index contributed by atoms with van der Waals surface area (Å²) in [4.78, 5) is 28.7. The lowest BCUT2D eigenvalue weighted by Crippen LogP contribution is -2.44. The van der Waals surface area contributed by atoms with Gasteiger partial charge in [-0.2, -0.15) is 0 Å². The predicted molar refractivity (Wildman–Crippen MR) is 92.6 cm³/mol. The van der Waals surface area contributed by atoms with Gasteiger partial charge in [-0.05, 0) is 33.3 Å². The molecule has 23 heavy (non-hydrogen) atoms. The molecule has 1 atom stereocenters. The zero-order valence-corrected chi connectivity index (χ0v) is 14.6. The minimum atomic E-state index is -0.575. The fraction of sp³-hybridized carbons (Fsp3) is 0.353. The Balaban J connectivity index is 2.12. The Morgan fingerprint density at radius 2 is 2.04 bits per heavy atom. The second kappa shape index (κ2) is 7.37. The van der Waals surface area contributed by atoms with Crippen LogP contribution in [0.4, 0.5) is 0 Å². The molecule has 0 fully saturated rings. The van der Waals surface area contributed by atoms with Gasteiger partial charge in [0.15, 0.2) is 0 Å². The van der Waals surface area contributed by atoms with Gasteiger partial charge in [-0.15, -0.1) is 11.3 Å². The summed E-state index contributed by atoms with van der Waals surface area (Å²) in [6.45, 7) is 8.11. The molecule has 1 aromatic carbocycles. The summed E-state index contributed by atoms with van der Waals surface area (Å²) >= 11 is 1.33. The number of nitrogens with zero attached hydrogens (tertiary/aromatic N) is 1. The summed E-state index contributed by atoms with van der Waals surface area (Å²) in [6.07, 6.45) is 1.55. The van der Waals surface area contributed by atoms with Crippen LogP contribution in [0.3, 0.4) is 0 Å². The van der Waals surface area contributed by atoms with Crippen LogP contribution < -0.4 is 10.6 Å². The summed E-state index contributed by atoms with van der Waals surface area (Å²) in [7, 11) is 0. The molecule has 0 bridgehead atoms. The van der Waals surface area contributed by atoms with Crippen LogP contribution in [0.15, 0.2) is 24.4 Å². The van der Waals surface area contributed by atoms with E-state index in [-0.39, 0.29) is 11.8 Å². The number of hydrogen-bond donors (Lipinski definition) is 2. The Bertz CT molecular complexity index is 724. The van der Waals surface area contributed by atoms with E-state index in [0.717, 1.165) is 16.1 Å². The summed E-state index contributed by atoms with van der Waals surface area (Å²) < 4.78 is 0. The lowest BCUT2D eigenvalue weighted by Gasteiger charge is -2.12. The molecule has 0 unspecified atom stereocenters. The molecule has 0 spiro atoms. The maximum Gasteiger partial charge on any atom is 0.263 e. The molecule has 122 valence electrons. The van der Waals surface area contributed by atoms with Gasteiger partial charge in [0.05, 0.1) is 6.20 Å². The van der Waals surface area contributed by atoms with Crippen molar-refractivity contribution in [2.24, 2.45) is 0 Å².